The summed E-state index contributed by atoms with van der Waals surface area (Å²) >= 11 is 0. The number of likely N-dealkylation sites (tertiary alicyclic amines) is 2. The Balaban J connectivity index is 0.000000867. The zero-order valence-electron chi connectivity index (χ0n) is 22.8. The van der Waals surface area contributed by atoms with Gasteiger partial charge in [-0.05, 0) is 88.3 Å². The number of nitrogens with one attached hydrogen (secondary N) is 2. The Kier molecular flexibility index (Phi) is 9.79. The Morgan fingerprint density at radius 2 is 1.00 bits per heavy atom. The number of aliphatic carboxylic acids is 1. The molecule has 0 saturated carbocycles. The summed E-state index contributed by atoms with van der Waals surface area (Å²) in [5.41, 5.74) is 2.18. The number of carboxylic acid groups (broad SMARTS) is 1. The number of carbonyl (C=O) groups is 5. The number of benzene rings is 2. The van der Waals surface area contributed by atoms with E-state index in [-0.39, 0.29) is 34.5 Å². The minimum Gasteiger partial charge on any atom is -0.481 e. The van der Waals surface area contributed by atoms with Crippen LogP contribution in [0.1, 0.15) is 77.3 Å². The molecule has 3 aliphatic rings. The van der Waals surface area contributed by atoms with E-state index in [1.807, 2.05) is 0 Å². The van der Waals surface area contributed by atoms with Crippen LogP contribution < -0.4 is 10.6 Å². The maximum absolute atomic E-state index is 13.2. The first kappa shape index (κ1) is 29.1. The van der Waals surface area contributed by atoms with Crippen LogP contribution in [0.4, 0.5) is 11.4 Å². The second-order valence-corrected chi connectivity index (χ2v) is 10.5. The van der Waals surface area contributed by atoms with Crippen molar-refractivity contribution in [3.8, 4) is 0 Å². The van der Waals surface area contributed by atoms with Gasteiger partial charge in [-0.1, -0.05) is 12.8 Å². The normalized spacial score (nSPS) is 17.1. The number of anilines is 2. The van der Waals surface area contributed by atoms with Gasteiger partial charge in [-0.15, -0.1) is 0 Å². The largest absolute Gasteiger partial charge is 0.481 e. The van der Waals surface area contributed by atoms with E-state index in [2.05, 4.69) is 20.4 Å². The Morgan fingerprint density at radius 3 is 1.35 bits per heavy atom. The number of hydrogen-bond donors (Lipinski definition) is 3. The van der Waals surface area contributed by atoms with E-state index in [9.17, 15) is 19.2 Å². The lowest BCUT2D eigenvalue weighted by Crippen LogP contribution is -2.37. The molecule has 2 heterocycles. The summed E-state index contributed by atoms with van der Waals surface area (Å²) in [4.78, 5) is 64.7. The molecule has 1 aliphatic carbocycles. The SMILES string of the molecule is CC(=O)O.O=C(CN1CCCCC1)Nc1ccc2c(c1)C(=O)c1ccc(NC(=O)CN3CCCCC3)cc1C2=O. The van der Waals surface area contributed by atoms with Crippen molar-refractivity contribution in [3.63, 3.8) is 0 Å². The smallest absolute Gasteiger partial charge is 0.300 e. The number of carbonyl (C=O) groups excluding carboxylic acids is 4. The first-order valence-corrected chi connectivity index (χ1v) is 13.8. The molecule has 5 rings (SSSR count). The van der Waals surface area contributed by atoms with Gasteiger partial charge in [0.15, 0.2) is 11.6 Å². The number of hydrogen-bond acceptors (Lipinski definition) is 7. The van der Waals surface area contributed by atoms with Crippen molar-refractivity contribution in [1.29, 1.82) is 0 Å². The van der Waals surface area contributed by atoms with Crippen LogP contribution in [0.2, 0.25) is 0 Å². The van der Waals surface area contributed by atoms with Gasteiger partial charge >= 0.3 is 0 Å². The van der Waals surface area contributed by atoms with Crippen LogP contribution in [0, 0.1) is 0 Å². The van der Waals surface area contributed by atoms with E-state index in [1.54, 1.807) is 36.4 Å². The van der Waals surface area contributed by atoms with Gasteiger partial charge in [-0.2, -0.15) is 0 Å². The quantitative estimate of drug-likeness (QED) is 0.427. The number of amides is 2. The molecule has 2 aliphatic heterocycles. The first-order valence-electron chi connectivity index (χ1n) is 13.8. The van der Waals surface area contributed by atoms with Crippen LogP contribution in [-0.4, -0.2) is 83.5 Å². The summed E-state index contributed by atoms with van der Waals surface area (Å²) in [6.07, 6.45) is 6.82. The van der Waals surface area contributed by atoms with Crippen molar-refractivity contribution in [3.05, 3.63) is 58.7 Å². The average molecular weight is 549 g/mol. The fourth-order valence-corrected chi connectivity index (χ4v) is 5.35. The fraction of sp³-hybridized carbons (Fsp3) is 0.433. The van der Waals surface area contributed by atoms with Gasteiger partial charge in [0.25, 0.3) is 5.97 Å². The third kappa shape index (κ3) is 7.61. The summed E-state index contributed by atoms with van der Waals surface area (Å²) in [6.45, 7) is 5.40. The zero-order valence-corrected chi connectivity index (χ0v) is 22.8. The highest BCUT2D eigenvalue weighted by molar-refractivity contribution is 6.29. The molecule has 2 aromatic rings. The lowest BCUT2D eigenvalue weighted by atomic mass is 9.83. The molecule has 212 valence electrons. The number of fused-ring (bicyclic) bond motifs is 2. The number of carboxylic acids is 1. The predicted molar refractivity (Wildman–Crippen MR) is 151 cm³/mol. The molecule has 0 radical (unpaired) electrons. The summed E-state index contributed by atoms with van der Waals surface area (Å²) in [6, 6.07) is 9.68. The van der Waals surface area contributed by atoms with Crippen molar-refractivity contribution < 1.29 is 29.1 Å². The van der Waals surface area contributed by atoms with Crippen molar-refractivity contribution in [2.24, 2.45) is 0 Å². The molecule has 3 N–H and O–H groups in total. The van der Waals surface area contributed by atoms with Crippen molar-refractivity contribution in [1.82, 2.24) is 9.80 Å². The van der Waals surface area contributed by atoms with Gasteiger partial charge in [0, 0.05) is 40.6 Å². The minimum absolute atomic E-state index is 0.128. The molecular weight excluding hydrogens is 512 g/mol. The molecule has 0 unspecified atom stereocenters. The Bertz CT molecular complexity index is 1200. The summed E-state index contributed by atoms with van der Waals surface area (Å²) in [5, 5.41) is 13.2. The molecule has 2 fully saturated rings. The third-order valence-electron chi connectivity index (χ3n) is 7.22. The molecule has 10 nitrogen and oxygen atoms in total. The minimum atomic E-state index is -0.833. The van der Waals surface area contributed by atoms with E-state index < -0.39 is 5.97 Å². The molecule has 10 heteroatoms. The van der Waals surface area contributed by atoms with Gasteiger partial charge in [0.2, 0.25) is 11.8 Å². The molecule has 2 aromatic carbocycles. The van der Waals surface area contributed by atoms with Crippen LogP contribution >= 0.6 is 0 Å². The molecule has 2 amide bonds. The molecule has 0 aromatic heterocycles. The van der Waals surface area contributed by atoms with E-state index in [1.165, 1.54) is 12.8 Å². The summed E-state index contributed by atoms with van der Waals surface area (Å²) < 4.78 is 0. The fourth-order valence-electron chi connectivity index (χ4n) is 5.35. The predicted octanol–water partition coefficient (Wildman–Crippen LogP) is 3.40. The van der Waals surface area contributed by atoms with E-state index in [0.717, 1.165) is 58.8 Å². The molecule has 0 atom stereocenters. The number of ketones is 2. The Morgan fingerprint density at radius 1 is 0.650 bits per heavy atom. The highest BCUT2D eigenvalue weighted by Crippen LogP contribution is 2.31. The highest BCUT2D eigenvalue weighted by atomic mass is 16.4. The van der Waals surface area contributed by atoms with Gasteiger partial charge in [-0.25, -0.2) is 0 Å². The van der Waals surface area contributed by atoms with Gasteiger partial charge in [0.1, 0.15) is 0 Å². The zero-order chi connectivity index (χ0) is 28.6. The molecular formula is C30H36N4O6. The second kappa shape index (κ2) is 13.5. The second-order valence-electron chi connectivity index (χ2n) is 10.5. The Labute approximate surface area is 233 Å². The maximum Gasteiger partial charge on any atom is 0.300 e. The molecule has 0 spiro atoms. The van der Waals surface area contributed by atoms with Gasteiger partial charge in [-0.3, -0.25) is 33.8 Å². The first-order chi connectivity index (χ1) is 19.2. The Hall–Kier alpha value is -3.89. The van der Waals surface area contributed by atoms with Gasteiger partial charge in [0.05, 0.1) is 13.1 Å². The third-order valence-corrected chi connectivity index (χ3v) is 7.22. The van der Waals surface area contributed by atoms with Crippen LogP contribution in [0.15, 0.2) is 36.4 Å². The summed E-state index contributed by atoms with van der Waals surface area (Å²) in [5.74, 6) is -1.62. The maximum atomic E-state index is 13.2. The lowest BCUT2D eigenvalue weighted by Gasteiger charge is -2.26. The van der Waals surface area contributed by atoms with Crippen molar-refractivity contribution >= 4 is 40.7 Å². The van der Waals surface area contributed by atoms with E-state index in [0.29, 0.717) is 35.6 Å². The summed E-state index contributed by atoms with van der Waals surface area (Å²) in [7, 11) is 0. The van der Waals surface area contributed by atoms with E-state index in [4.69, 9.17) is 9.90 Å². The topological polar surface area (TPSA) is 136 Å². The molecule has 2 saturated heterocycles. The highest BCUT2D eigenvalue weighted by Gasteiger charge is 2.30. The van der Waals surface area contributed by atoms with Crippen LogP contribution in [0.5, 0.6) is 0 Å². The van der Waals surface area contributed by atoms with Crippen LogP contribution in [0.25, 0.3) is 0 Å². The van der Waals surface area contributed by atoms with Crippen LogP contribution in [-0.2, 0) is 14.4 Å². The molecule has 40 heavy (non-hydrogen) atoms. The monoisotopic (exact) mass is 548 g/mol. The number of piperidine rings is 2. The lowest BCUT2D eigenvalue weighted by molar-refractivity contribution is -0.134. The average Bonchev–Trinajstić information content (AvgIpc) is 2.92. The van der Waals surface area contributed by atoms with Crippen molar-refractivity contribution in [2.75, 3.05) is 49.9 Å². The molecule has 0 bridgehead atoms. The van der Waals surface area contributed by atoms with Crippen LogP contribution in [0.3, 0.4) is 0 Å². The standard InChI is InChI=1S/C28H32N4O4.C2H4O2/c33-25(17-31-11-3-1-4-12-31)29-19-7-9-21-23(15-19)27(35)22-10-8-20(16-24(22)28(21)36)30-26(34)18-32-13-5-2-6-14-32;1-2(3)4/h7-10,15-16H,1-6,11-14,17-18H2,(H,29,33)(H,30,34);1H3,(H,3,4). The van der Waals surface area contributed by atoms with E-state index >= 15 is 0 Å². The number of rotatable bonds is 6. The van der Waals surface area contributed by atoms with Gasteiger partial charge < -0.3 is 15.7 Å². The van der Waals surface area contributed by atoms with Crippen molar-refractivity contribution in [2.45, 2.75) is 45.4 Å². The number of nitrogens with zero attached hydrogens (tertiary/aromatic N) is 2.